The normalized spacial score (nSPS) is 9.40. The van der Waals surface area contributed by atoms with Gasteiger partial charge in [0.2, 0.25) is 5.12 Å². The summed E-state index contributed by atoms with van der Waals surface area (Å²) < 4.78 is 0. The first kappa shape index (κ1) is 7.21. The summed E-state index contributed by atoms with van der Waals surface area (Å²) in [5.41, 5.74) is 1.13. The van der Waals surface area contributed by atoms with Gasteiger partial charge in [-0.2, -0.15) is 0 Å². The van der Waals surface area contributed by atoms with Crippen molar-refractivity contribution in [2.45, 2.75) is 6.92 Å². The summed E-state index contributed by atoms with van der Waals surface area (Å²) in [6, 6.07) is 0. The van der Waals surface area contributed by atoms with Crippen LogP contribution < -0.4 is 0 Å². The van der Waals surface area contributed by atoms with Crippen molar-refractivity contribution in [3.8, 4) is 0 Å². The van der Waals surface area contributed by atoms with Crippen LogP contribution in [0.2, 0.25) is 0 Å². The second-order valence-electron chi connectivity index (χ2n) is 1.86. The van der Waals surface area contributed by atoms with Crippen molar-refractivity contribution >= 4 is 17.7 Å². The molecule has 1 aromatic rings. The molecule has 0 aromatic carbocycles. The van der Waals surface area contributed by atoms with Crippen LogP contribution in [0.15, 0.2) is 12.5 Å². The molecule has 0 saturated heterocycles. The SMILES string of the molecule is Cc1cncnc1C(=O)S. The molecule has 0 radical (unpaired) electrons. The molecule has 0 N–H and O–H groups in total. The minimum Gasteiger partial charge on any atom is -0.280 e. The summed E-state index contributed by atoms with van der Waals surface area (Å²) in [5.74, 6) is 0. The van der Waals surface area contributed by atoms with Crippen LogP contribution >= 0.6 is 12.6 Å². The zero-order valence-electron chi connectivity index (χ0n) is 5.40. The van der Waals surface area contributed by atoms with E-state index in [0.717, 1.165) is 5.56 Å². The maximum absolute atomic E-state index is 10.6. The molecular weight excluding hydrogens is 148 g/mol. The van der Waals surface area contributed by atoms with Crippen LogP contribution in [-0.2, 0) is 0 Å². The number of carbonyl (C=O) groups is 1. The Kier molecular flexibility index (Phi) is 2.01. The van der Waals surface area contributed by atoms with Crippen LogP contribution in [0.25, 0.3) is 0 Å². The molecule has 0 unspecified atom stereocenters. The van der Waals surface area contributed by atoms with Crippen LogP contribution in [-0.4, -0.2) is 15.1 Å². The highest BCUT2D eigenvalue weighted by atomic mass is 32.1. The molecular formula is C6H6N2OS. The van der Waals surface area contributed by atoms with Crippen molar-refractivity contribution in [3.63, 3.8) is 0 Å². The second-order valence-corrected chi connectivity index (χ2v) is 2.27. The highest BCUT2D eigenvalue weighted by molar-refractivity contribution is 7.97. The van der Waals surface area contributed by atoms with Crippen LogP contribution in [0.5, 0.6) is 0 Å². The quantitative estimate of drug-likeness (QED) is 0.610. The molecule has 0 aliphatic heterocycles. The van der Waals surface area contributed by atoms with Crippen LogP contribution in [0, 0.1) is 6.92 Å². The Morgan fingerprint density at radius 2 is 2.40 bits per heavy atom. The van der Waals surface area contributed by atoms with Gasteiger partial charge in [0, 0.05) is 6.20 Å². The third-order valence-electron chi connectivity index (χ3n) is 1.10. The van der Waals surface area contributed by atoms with Gasteiger partial charge in [-0.3, -0.25) is 4.79 Å². The molecule has 0 atom stereocenters. The monoisotopic (exact) mass is 154 g/mol. The summed E-state index contributed by atoms with van der Waals surface area (Å²) >= 11 is 3.63. The fraction of sp³-hybridized carbons (Fsp3) is 0.167. The summed E-state index contributed by atoms with van der Waals surface area (Å²) in [6.45, 7) is 1.77. The molecule has 3 nitrogen and oxygen atoms in total. The second kappa shape index (κ2) is 2.79. The van der Waals surface area contributed by atoms with E-state index in [1.54, 1.807) is 13.1 Å². The predicted molar refractivity (Wildman–Crippen MR) is 40.1 cm³/mol. The lowest BCUT2D eigenvalue weighted by molar-refractivity contribution is 0.108. The molecule has 0 spiro atoms. The topological polar surface area (TPSA) is 42.9 Å². The van der Waals surface area contributed by atoms with Gasteiger partial charge in [-0.1, -0.05) is 12.6 Å². The zero-order chi connectivity index (χ0) is 7.56. The maximum Gasteiger partial charge on any atom is 0.235 e. The number of rotatable bonds is 1. The standard InChI is InChI=1S/C6H6N2OS/c1-4-2-7-3-8-5(4)6(9)10/h2-3H,1H3,(H,9,10). The lowest BCUT2D eigenvalue weighted by Crippen LogP contribution is -1.97. The fourth-order valence-electron chi connectivity index (χ4n) is 0.623. The number of thiol groups is 1. The summed E-state index contributed by atoms with van der Waals surface area (Å²) in [5, 5.41) is -0.320. The molecule has 1 aromatic heterocycles. The Bertz CT molecular complexity index is 262. The van der Waals surface area contributed by atoms with Crippen molar-refractivity contribution in [3.05, 3.63) is 23.8 Å². The number of aromatic nitrogens is 2. The van der Waals surface area contributed by atoms with Crippen molar-refractivity contribution in [2.24, 2.45) is 0 Å². The Balaban J connectivity index is 3.15. The molecule has 0 aliphatic carbocycles. The Morgan fingerprint density at radius 1 is 1.70 bits per heavy atom. The van der Waals surface area contributed by atoms with E-state index < -0.39 is 0 Å². The molecule has 0 fully saturated rings. The van der Waals surface area contributed by atoms with Crippen LogP contribution in [0.1, 0.15) is 16.1 Å². The van der Waals surface area contributed by atoms with Crippen molar-refractivity contribution in [2.75, 3.05) is 0 Å². The van der Waals surface area contributed by atoms with Crippen molar-refractivity contribution in [1.82, 2.24) is 9.97 Å². The van der Waals surface area contributed by atoms with Gasteiger partial charge in [0.1, 0.15) is 12.0 Å². The minimum atomic E-state index is -0.320. The average molecular weight is 154 g/mol. The van der Waals surface area contributed by atoms with E-state index >= 15 is 0 Å². The van der Waals surface area contributed by atoms with E-state index in [0.29, 0.717) is 5.69 Å². The van der Waals surface area contributed by atoms with Gasteiger partial charge in [0.05, 0.1) is 0 Å². The molecule has 1 rings (SSSR count). The highest BCUT2D eigenvalue weighted by Crippen LogP contribution is 2.03. The molecule has 0 bridgehead atoms. The van der Waals surface area contributed by atoms with E-state index in [4.69, 9.17) is 0 Å². The van der Waals surface area contributed by atoms with Crippen molar-refractivity contribution < 1.29 is 4.79 Å². The summed E-state index contributed by atoms with van der Waals surface area (Å²) in [7, 11) is 0. The van der Waals surface area contributed by atoms with E-state index in [1.807, 2.05) is 0 Å². The number of nitrogens with zero attached hydrogens (tertiary/aromatic N) is 2. The van der Waals surface area contributed by atoms with Gasteiger partial charge in [0.15, 0.2) is 0 Å². The zero-order valence-corrected chi connectivity index (χ0v) is 6.30. The maximum atomic E-state index is 10.6. The van der Waals surface area contributed by atoms with E-state index in [2.05, 4.69) is 22.6 Å². The van der Waals surface area contributed by atoms with Gasteiger partial charge in [-0.05, 0) is 12.5 Å². The smallest absolute Gasteiger partial charge is 0.235 e. The molecule has 0 amide bonds. The molecule has 1 heterocycles. The Labute approximate surface area is 63.9 Å². The molecule has 4 heteroatoms. The van der Waals surface area contributed by atoms with E-state index in [1.165, 1.54) is 6.33 Å². The fourth-order valence-corrected chi connectivity index (χ4v) is 0.857. The first-order valence-electron chi connectivity index (χ1n) is 2.71. The number of hydrogen-bond donors (Lipinski definition) is 1. The lowest BCUT2D eigenvalue weighted by Gasteiger charge is -1.94. The van der Waals surface area contributed by atoms with E-state index in [-0.39, 0.29) is 5.12 Å². The average Bonchev–Trinajstić information content (AvgIpc) is 1.88. The van der Waals surface area contributed by atoms with Crippen molar-refractivity contribution in [1.29, 1.82) is 0 Å². The van der Waals surface area contributed by atoms with Gasteiger partial charge < -0.3 is 0 Å². The predicted octanol–water partition coefficient (Wildman–Crippen LogP) is 0.855. The third kappa shape index (κ3) is 1.33. The molecule has 52 valence electrons. The summed E-state index contributed by atoms with van der Waals surface area (Å²) in [4.78, 5) is 18.1. The number of carbonyl (C=O) groups excluding carboxylic acids is 1. The van der Waals surface area contributed by atoms with E-state index in [9.17, 15) is 4.79 Å². The lowest BCUT2D eigenvalue weighted by atomic mass is 10.3. The number of aryl methyl sites for hydroxylation is 1. The third-order valence-corrected chi connectivity index (χ3v) is 1.31. The molecule has 0 saturated carbocycles. The van der Waals surface area contributed by atoms with Gasteiger partial charge in [-0.15, -0.1) is 0 Å². The highest BCUT2D eigenvalue weighted by Gasteiger charge is 2.03. The van der Waals surface area contributed by atoms with Gasteiger partial charge in [-0.25, -0.2) is 9.97 Å². The Morgan fingerprint density at radius 3 is 2.80 bits per heavy atom. The van der Waals surface area contributed by atoms with Crippen LogP contribution in [0.3, 0.4) is 0 Å². The minimum absolute atomic E-state index is 0.320. The molecule has 0 aliphatic rings. The Hall–Kier alpha value is -0.900. The van der Waals surface area contributed by atoms with Crippen LogP contribution in [0.4, 0.5) is 0 Å². The molecule has 10 heavy (non-hydrogen) atoms. The van der Waals surface area contributed by atoms with Gasteiger partial charge >= 0.3 is 0 Å². The van der Waals surface area contributed by atoms with Gasteiger partial charge in [0.25, 0.3) is 0 Å². The first-order chi connectivity index (χ1) is 4.72. The summed E-state index contributed by atoms with van der Waals surface area (Å²) in [6.07, 6.45) is 2.91. The first-order valence-corrected chi connectivity index (χ1v) is 3.16. The largest absolute Gasteiger partial charge is 0.280 e. The number of hydrogen-bond acceptors (Lipinski definition) is 3.